The fraction of sp³-hybridized carbons (Fsp3) is 0.0435. The monoisotopic (exact) mass is 352 g/mol. The Labute approximate surface area is 156 Å². The van der Waals surface area contributed by atoms with Gasteiger partial charge in [-0.3, -0.25) is 0 Å². The highest BCUT2D eigenvalue weighted by Gasteiger charge is 2.22. The van der Waals surface area contributed by atoms with Crippen LogP contribution in [0.4, 0.5) is 0 Å². The van der Waals surface area contributed by atoms with Crippen molar-refractivity contribution in [3.8, 4) is 11.1 Å². The SMILES string of the molecule is Cc1ccc(-c2ccc3oc4c(B(O)O)cc5ccccc5c4c3c2)cc1. The predicted octanol–water partition coefficient (Wildman–Crippen LogP) is 4.39. The molecule has 0 saturated carbocycles. The summed E-state index contributed by atoms with van der Waals surface area (Å²) in [5, 5.41) is 23.6. The van der Waals surface area contributed by atoms with Crippen LogP contribution in [0.15, 0.2) is 77.2 Å². The molecule has 130 valence electrons. The standard InChI is InChI=1S/C23H17BO3/c1-14-6-8-15(9-7-14)16-10-11-21-19(12-16)22-18-5-3-2-4-17(18)13-20(24(25)26)23(22)27-21/h2-13,25-26H,1H3. The van der Waals surface area contributed by atoms with Crippen LogP contribution in [0.1, 0.15) is 5.56 Å². The second-order valence-electron chi connectivity index (χ2n) is 6.94. The van der Waals surface area contributed by atoms with Gasteiger partial charge < -0.3 is 14.5 Å². The van der Waals surface area contributed by atoms with Crippen molar-refractivity contribution in [2.45, 2.75) is 6.92 Å². The fourth-order valence-electron chi connectivity index (χ4n) is 3.77. The minimum absolute atomic E-state index is 0.386. The maximum atomic E-state index is 9.86. The Morgan fingerprint density at radius 2 is 1.52 bits per heavy atom. The fourth-order valence-corrected chi connectivity index (χ4v) is 3.77. The van der Waals surface area contributed by atoms with Crippen LogP contribution >= 0.6 is 0 Å². The van der Waals surface area contributed by atoms with E-state index in [2.05, 4.69) is 37.3 Å². The van der Waals surface area contributed by atoms with Gasteiger partial charge >= 0.3 is 7.12 Å². The van der Waals surface area contributed by atoms with Crippen molar-refractivity contribution in [3.63, 3.8) is 0 Å². The van der Waals surface area contributed by atoms with E-state index in [4.69, 9.17) is 4.42 Å². The molecule has 0 aliphatic rings. The molecular weight excluding hydrogens is 335 g/mol. The lowest BCUT2D eigenvalue weighted by Gasteiger charge is -2.06. The molecule has 0 aliphatic carbocycles. The lowest BCUT2D eigenvalue weighted by Crippen LogP contribution is -2.30. The Kier molecular flexibility index (Phi) is 3.57. The molecule has 4 aromatic carbocycles. The summed E-state index contributed by atoms with van der Waals surface area (Å²) in [6.45, 7) is 2.07. The van der Waals surface area contributed by atoms with Gasteiger partial charge in [0.1, 0.15) is 11.2 Å². The molecule has 3 nitrogen and oxygen atoms in total. The summed E-state index contributed by atoms with van der Waals surface area (Å²) >= 11 is 0. The molecule has 0 bridgehead atoms. The molecular formula is C23H17BO3. The molecule has 2 N–H and O–H groups in total. The van der Waals surface area contributed by atoms with Crippen molar-refractivity contribution >= 4 is 45.3 Å². The normalized spacial score (nSPS) is 11.5. The topological polar surface area (TPSA) is 53.6 Å². The van der Waals surface area contributed by atoms with Gasteiger partial charge in [0.25, 0.3) is 0 Å². The third-order valence-corrected chi connectivity index (χ3v) is 5.15. The molecule has 0 unspecified atom stereocenters. The summed E-state index contributed by atoms with van der Waals surface area (Å²) in [7, 11) is -1.59. The first kappa shape index (κ1) is 16.1. The molecule has 0 atom stereocenters. The van der Waals surface area contributed by atoms with Crippen LogP contribution in [-0.4, -0.2) is 17.2 Å². The van der Waals surface area contributed by atoms with E-state index in [-0.39, 0.29) is 0 Å². The third-order valence-electron chi connectivity index (χ3n) is 5.15. The van der Waals surface area contributed by atoms with E-state index in [0.29, 0.717) is 11.0 Å². The van der Waals surface area contributed by atoms with E-state index >= 15 is 0 Å². The molecule has 4 heteroatoms. The molecule has 1 aromatic heterocycles. The van der Waals surface area contributed by atoms with Crippen molar-refractivity contribution in [2.24, 2.45) is 0 Å². The van der Waals surface area contributed by atoms with Crippen molar-refractivity contribution < 1.29 is 14.5 Å². The second kappa shape index (κ2) is 5.98. The van der Waals surface area contributed by atoms with Gasteiger partial charge in [0.2, 0.25) is 0 Å². The average Bonchev–Trinajstić information content (AvgIpc) is 3.06. The summed E-state index contributed by atoms with van der Waals surface area (Å²) in [5.74, 6) is 0. The molecule has 1 heterocycles. The van der Waals surface area contributed by atoms with Gasteiger partial charge in [-0.2, -0.15) is 0 Å². The number of furan rings is 1. The molecule has 0 radical (unpaired) electrons. The lowest BCUT2D eigenvalue weighted by molar-refractivity contribution is 0.425. The van der Waals surface area contributed by atoms with E-state index in [1.807, 2.05) is 36.4 Å². The Morgan fingerprint density at radius 3 is 2.30 bits per heavy atom. The molecule has 0 aliphatic heterocycles. The zero-order chi connectivity index (χ0) is 18.5. The van der Waals surface area contributed by atoms with Crippen LogP contribution in [0.3, 0.4) is 0 Å². The first-order valence-electron chi connectivity index (χ1n) is 8.93. The molecule has 0 fully saturated rings. The van der Waals surface area contributed by atoms with Gasteiger partial charge in [0.05, 0.1) is 0 Å². The number of hydrogen-bond acceptors (Lipinski definition) is 3. The maximum Gasteiger partial charge on any atom is 0.492 e. The molecule has 0 spiro atoms. The van der Waals surface area contributed by atoms with Gasteiger partial charge in [-0.05, 0) is 41.0 Å². The first-order chi connectivity index (χ1) is 13.1. The van der Waals surface area contributed by atoms with Gasteiger partial charge in [0.15, 0.2) is 0 Å². The Morgan fingerprint density at radius 1 is 0.778 bits per heavy atom. The summed E-state index contributed by atoms with van der Waals surface area (Å²) in [5.41, 5.74) is 5.11. The molecule has 5 rings (SSSR count). The smallest absolute Gasteiger partial charge is 0.456 e. The van der Waals surface area contributed by atoms with Crippen LogP contribution in [0, 0.1) is 6.92 Å². The zero-order valence-corrected chi connectivity index (χ0v) is 14.8. The van der Waals surface area contributed by atoms with E-state index in [1.54, 1.807) is 6.07 Å². The zero-order valence-electron chi connectivity index (χ0n) is 14.8. The van der Waals surface area contributed by atoms with Crippen molar-refractivity contribution in [1.82, 2.24) is 0 Å². The number of benzene rings is 4. The Balaban J connectivity index is 1.89. The summed E-state index contributed by atoms with van der Waals surface area (Å²) < 4.78 is 6.04. The highest BCUT2D eigenvalue weighted by atomic mass is 16.4. The Bertz CT molecular complexity index is 1300. The average molecular weight is 352 g/mol. The molecule has 5 aromatic rings. The summed E-state index contributed by atoms with van der Waals surface area (Å²) in [4.78, 5) is 0. The van der Waals surface area contributed by atoms with E-state index in [1.165, 1.54) is 5.56 Å². The lowest BCUT2D eigenvalue weighted by atomic mass is 9.78. The summed E-state index contributed by atoms with van der Waals surface area (Å²) in [6, 6.07) is 24.3. The predicted molar refractivity (Wildman–Crippen MR) is 111 cm³/mol. The summed E-state index contributed by atoms with van der Waals surface area (Å²) in [6.07, 6.45) is 0. The van der Waals surface area contributed by atoms with Crippen LogP contribution in [0.2, 0.25) is 0 Å². The molecule has 0 amide bonds. The first-order valence-corrected chi connectivity index (χ1v) is 8.93. The number of aryl methyl sites for hydroxylation is 1. The van der Waals surface area contributed by atoms with Gasteiger partial charge in [-0.25, -0.2) is 0 Å². The minimum Gasteiger partial charge on any atom is -0.456 e. The third kappa shape index (κ3) is 2.54. The van der Waals surface area contributed by atoms with Crippen molar-refractivity contribution in [2.75, 3.05) is 0 Å². The number of rotatable bonds is 2. The molecule has 0 saturated heterocycles. The molecule has 27 heavy (non-hydrogen) atoms. The van der Waals surface area contributed by atoms with Crippen LogP contribution in [0.25, 0.3) is 43.8 Å². The van der Waals surface area contributed by atoms with Gasteiger partial charge in [-0.1, -0.05) is 66.2 Å². The highest BCUT2D eigenvalue weighted by Crippen LogP contribution is 2.36. The maximum absolute atomic E-state index is 9.86. The highest BCUT2D eigenvalue weighted by molar-refractivity contribution is 6.62. The van der Waals surface area contributed by atoms with Crippen LogP contribution < -0.4 is 5.46 Å². The van der Waals surface area contributed by atoms with Crippen molar-refractivity contribution in [3.05, 3.63) is 78.4 Å². The van der Waals surface area contributed by atoms with Crippen LogP contribution in [0.5, 0.6) is 0 Å². The van der Waals surface area contributed by atoms with Gasteiger partial charge in [0, 0.05) is 16.2 Å². The van der Waals surface area contributed by atoms with Gasteiger partial charge in [-0.15, -0.1) is 0 Å². The largest absolute Gasteiger partial charge is 0.492 e. The van der Waals surface area contributed by atoms with Crippen LogP contribution in [-0.2, 0) is 0 Å². The van der Waals surface area contributed by atoms with Crippen molar-refractivity contribution in [1.29, 1.82) is 0 Å². The second-order valence-corrected chi connectivity index (χ2v) is 6.94. The number of hydrogen-bond donors (Lipinski definition) is 2. The quantitative estimate of drug-likeness (QED) is 0.463. The Hall–Kier alpha value is -3.08. The minimum atomic E-state index is -1.59. The van der Waals surface area contributed by atoms with E-state index in [9.17, 15) is 10.0 Å². The van der Waals surface area contributed by atoms with E-state index < -0.39 is 7.12 Å². The number of fused-ring (bicyclic) bond motifs is 5. The van der Waals surface area contributed by atoms with E-state index in [0.717, 1.165) is 38.3 Å².